The van der Waals surface area contributed by atoms with Crippen LogP contribution in [0.15, 0.2) is 36.4 Å². The molecule has 0 aliphatic carbocycles. The minimum Gasteiger partial charge on any atom is -0.369 e. The maximum Gasteiger partial charge on any atom is 0.201 e. The van der Waals surface area contributed by atoms with Gasteiger partial charge in [-0.2, -0.15) is 0 Å². The summed E-state index contributed by atoms with van der Waals surface area (Å²) in [7, 11) is 0. The number of nitrogens with two attached hydrogens (primary N) is 1. The molecule has 102 valence electrons. The maximum absolute atomic E-state index is 13.9. The number of aromatic nitrogens is 2. The van der Waals surface area contributed by atoms with E-state index in [9.17, 15) is 13.2 Å². The van der Waals surface area contributed by atoms with Gasteiger partial charge in [0.15, 0.2) is 11.6 Å². The molecule has 6 heteroatoms. The molecule has 0 unspecified atom stereocenters. The van der Waals surface area contributed by atoms with E-state index in [2.05, 4.69) is 4.98 Å². The first-order chi connectivity index (χ1) is 9.58. The van der Waals surface area contributed by atoms with E-state index in [1.807, 2.05) is 0 Å². The van der Waals surface area contributed by atoms with Crippen LogP contribution >= 0.6 is 0 Å². The van der Waals surface area contributed by atoms with E-state index in [0.717, 1.165) is 6.07 Å². The molecule has 0 spiro atoms. The first-order valence-corrected chi connectivity index (χ1v) is 5.91. The number of hydrogen-bond donors (Lipinski definition) is 1. The summed E-state index contributed by atoms with van der Waals surface area (Å²) >= 11 is 0. The van der Waals surface area contributed by atoms with Crippen LogP contribution < -0.4 is 5.73 Å². The zero-order valence-electron chi connectivity index (χ0n) is 10.3. The van der Waals surface area contributed by atoms with Crippen molar-refractivity contribution in [3.8, 4) is 0 Å². The minimum atomic E-state index is -1.04. The molecule has 0 atom stereocenters. The summed E-state index contributed by atoms with van der Waals surface area (Å²) in [5, 5.41) is 0. The number of halogens is 3. The van der Waals surface area contributed by atoms with Gasteiger partial charge in [0, 0.05) is 5.56 Å². The van der Waals surface area contributed by atoms with E-state index >= 15 is 0 Å². The Kier molecular flexibility index (Phi) is 2.85. The van der Waals surface area contributed by atoms with Crippen molar-refractivity contribution in [2.45, 2.75) is 6.54 Å². The number of fused-ring (bicyclic) bond motifs is 1. The second kappa shape index (κ2) is 4.56. The Bertz CT molecular complexity index is 796. The summed E-state index contributed by atoms with van der Waals surface area (Å²) in [6, 6.07) is 8.37. The molecule has 3 nitrogen and oxygen atoms in total. The summed E-state index contributed by atoms with van der Waals surface area (Å²) < 4.78 is 42.1. The lowest BCUT2D eigenvalue weighted by Gasteiger charge is -2.08. The van der Waals surface area contributed by atoms with Crippen LogP contribution in [0.3, 0.4) is 0 Å². The molecule has 1 aromatic heterocycles. The summed E-state index contributed by atoms with van der Waals surface area (Å²) in [5.41, 5.74) is 6.20. The van der Waals surface area contributed by atoms with Crippen LogP contribution in [0.1, 0.15) is 5.56 Å². The van der Waals surface area contributed by atoms with E-state index in [-0.39, 0.29) is 23.5 Å². The first kappa shape index (κ1) is 12.5. The zero-order chi connectivity index (χ0) is 14.3. The quantitative estimate of drug-likeness (QED) is 0.782. The van der Waals surface area contributed by atoms with Crippen molar-refractivity contribution in [3.05, 3.63) is 59.4 Å². The van der Waals surface area contributed by atoms with Crippen LogP contribution in [0, 0.1) is 17.5 Å². The van der Waals surface area contributed by atoms with Gasteiger partial charge in [0.25, 0.3) is 0 Å². The molecular weight excluding hydrogens is 267 g/mol. The number of rotatable bonds is 2. The fourth-order valence-corrected chi connectivity index (χ4v) is 2.13. The molecule has 2 aromatic carbocycles. The molecule has 0 bridgehead atoms. The van der Waals surface area contributed by atoms with Crippen LogP contribution in [-0.4, -0.2) is 9.55 Å². The van der Waals surface area contributed by atoms with Gasteiger partial charge in [-0.3, -0.25) is 0 Å². The van der Waals surface area contributed by atoms with Gasteiger partial charge in [0.1, 0.15) is 11.3 Å². The van der Waals surface area contributed by atoms with Gasteiger partial charge in [-0.05, 0) is 18.2 Å². The van der Waals surface area contributed by atoms with Crippen molar-refractivity contribution in [2.75, 3.05) is 5.73 Å². The Labute approximate surface area is 112 Å². The van der Waals surface area contributed by atoms with Crippen molar-refractivity contribution in [1.29, 1.82) is 0 Å². The molecule has 0 amide bonds. The lowest BCUT2D eigenvalue weighted by Crippen LogP contribution is -2.07. The van der Waals surface area contributed by atoms with Crippen LogP contribution in [0.2, 0.25) is 0 Å². The summed E-state index contributed by atoms with van der Waals surface area (Å²) in [6.45, 7) is -0.0185. The van der Waals surface area contributed by atoms with Crippen LogP contribution in [0.5, 0.6) is 0 Å². The standard InChI is InChI=1S/C14H10F3N3/c15-9-4-2-1-3-8(9)7-20-13-11(19-14(20)18)6-5-10(16)12(13)17/h1-6H,7H2,(H2,18,19). The van der Waals surface area contributed by atoms with Crippen LogP contribution in [0.4, 0.5) is 19.1 Å². The highest BCUT2D eigenvalue weighted by molar-refractivity contribution is 5.79. The van der Waals surface area contributed by atoms with Gasteiger partial charge in [0.05, 0.1) is 12.1 Å². The fraction of sp³-hybridized carbons (Fsp3) is 0.0714. The molecule has 0 aliphatic heterocycles. The molecule has 1 heterocycles. The SMILES string of the molecule is Nc1nc2ccc(F)c(F)c2n1Cc1ccccc1F. The van der Waals surface area contributed by atoms with Crippen molar-refractivity contribution in [3.63, 3.8) is 0 Å². The predicted molar refractivity (Wildman–Crippen MR) is 69.6 cm³/mol. The number of hydrogen-bond acceptors (Lipinski definition) is 2. The van der Waals surface area contributed by atoms with E-state index in [1.165, 1.54) is 16.7 Å². The van der Waals surface area contributed by atoms with Gasteiger partial charge < -0.3 is 10.3 Å². The summed E-state index contributed by atoms with van der Waals surface area (Å²) in [4.78, 5) is 3.95. The number of anilines is 1. The largest absolute Gasteiger partial charge is 0.369 e. The minimum absolute atomic E-state index is 0.00718. The number of nitrogen functional groups attached to an aromatic ring is 1. The lowest BCUT2D eigenvalue weighted by atomic mass is 10.2. The van der Waals surface area contributed by atoms with Crippen molar-refractivity contribution < 1.29 is 13.2 Å². The summed E-state index contributed by atoms with van der Waals surface area (Å²) in [6.07, 6.45) is 0. The summed E-state index contributed by atoms with van der Waals surface area (Å²) in [5.74, 6) is -2.46. The van der Waals surface area contributed by atoms with Gasteiger partial charge in [0.2, 0.25) is 5.95 Å². The maximum atomic E-state index is 13.9. The predicted octanol–water partition coefficient (Wildman–Crippen LogP) is 3.08. The Hall–Kier alpha value is -2.50. The Morgan fingerprint density at radius 1 is 1.00 bits per heavy atom. The molecule has 3 rings (SSSR count). The zero-order valence-corrected chi connectivity index (χ0v) is 10.3. The van der Waals surface area contributed by atoms with Gasteiger partial charge >= 0.3 is 0 Å². The third kappa shape index (κ3) is 1.89. The second-order valence-corrected chi connectivity index (χ2v) is 4.38. The first-order valence-electron chi connectivity index (χ1n) is 5.91. The number of imidazole rings is 1. The lowest BCUT2D eigenvalue weighted by molar-refractivity contribution is 0.512. The number of nitrogens with zero attached hydrogens (tertiary/aromatic N) is 2. The third-order valence-electron chi connectivity index (χ3n) is 3.12. The van der Waals surface area contributed by atoms with E-state index in [1.54, 1.807) is 18.2 Å². The molecule has 20 heavy (non-hydrogen) atoms. The average molecular weight is 277 g/mol. The molecule has 0 radical (unpaired) electrons. The molecular formula is C14H10F3N3. The highest BCUT2D eigenvalue weighted by Gasteiger charge is 2.17. The monoisotopic (exact) mass is 277 g/mol. The third-order valence-corrected chi connectivity index (χ3v) is 3.12. The Balaban J connectivity index is 2.19. The Morgan fingerprint density at radius 2 is 1.75 bits per heavy atom. The van der Waals surface area contributed by atoms with Gasteiger partial charge in [-0.25, -0.2) is 18.2 Å². The smallest absolute Gasteiger partial charge is 0.201 e. The van der Waals surface area contributed by atoms with Crippen LogP contribution in [0.25, 0.3) is 11.0 Å². The highest BCUT2D eigenvalue weighted by atomic mass is 19.2. The normalized spacial score (nSPS) is 11.2. The molecule has 0 saturated carbocycles. The van der Waals surface area contributed by atoms with Gasteiger partial charge in [-0.15, -0.1) is 0 Å². The molecule has 2 N–H and O–H groups in total. The van der Waals surface area contributed by atoms with Gasteiger partial charge in [-0.1, -0.05) is 18.2 Å². The topological polar surface area (TPSA) is 43.8 Å². The molecule has 0 aliphatic rings. The van der Waals surface area contributed by atoms with E-state index in [4.69, 9.17) is 5.73 Å². The highest BCUT2D eigenvalue weighted by Crippen LogP contribution is 2.24. The average Bonchev–Trinajstić information content (AvgIpc) is 2.74. The number of benzene rings is 2. The van der Waals surface area contributed by atoms with Crippen molar-refractivity contribution in [1.82, 2.24) is 9.55 Å². The van der Waals surface area contributed by atoms with Crippen LogP contribution in [-0.2, 0) is 6.54 Å². The second-order valence-electron chi connectivity index (χ2n) is 4.38. The van der Waals surface area contributed by atoms with E-state index in [0.29, 0.717) is 5.56 Å². The molecule has 0 fully saturated rings. The molecule has 0 saturated heterocycles. The molecule has 3 aromatic rings. The van der Waals surface area contributed by atoms with Crippen molar-refractivity contribution in [2.24, 2.45) is 0 Å². The van der Waals surface area contributed by atoms with E-state index < -0.39 is 17.5 Å². The fourth-order valence-electron chi connectivity index (χ4n) is 2.13. The van der Waals surface area contributed by atoms with Crippen molar-refractivity contribution >= 4 is 17.0 Å². The Morgan fingerprint density at radius 3 is 2.50 bits per heavy atom.